The van der Waals surface area contributed by atoms with E-state index >= 15 is 0 Å². The predicted octanol–water partition coefficient (Wildman–Crippen LogP) is -0.761. The van der Waals surface area contributed by atoms with E-state index in [1.165, 1.54) is 14.2 Å². The molecule has 2 aliphatic rings. The Morgan fingerprint density at radius 2 is 1.29 bits per heavy atom. The Balaban J connectivity index is 2.26. The molecular formula is C10H14O6S. The summed E-state index contributed by atoms with van der Waals surface area (Å²) in [5.41, 5.74) is 0. The molecule has 0 bridgehead atoms. The number of carbonyl (C=O) groups excluding carboxylic acids is 2. The van der Waals surface area contributed by atoms with Gasteiger partial charge in [-0.25, -0.2) is 8.42 Å². The fourth-order valence-electron chi connectivity index (χ4n) is 2.94. The van der Waals surface area contributed by atoms with Crippen LogP contribution < -0.4 is 0 Å². The summed E-state index contributed by atoms with van der Waals surface area (Å²) in [6.07, 6.45) is 0. The molecule has 0 radical (unpaired) electrons. The van der Waals surface area contributed by atoms with Gasteiger partial charge in [0.1, 0.15) is 0 Å². The Morgan fingerprint density at radius 3 is 1.59 bits per heavy atom. The zero-order valence-electron chi connectivity index (χ0n) is 9.58. The SMILES string of the molecule is COC(=O)[C@@H]1[C@H]2CS(=O)(=O)C[C@@H]2[C@@H]1C(=O)OC. The minimum atomic E-state index is -3.15. The second kappa shape index (κ2) is 3.97. The van der Waals surface area contributed by atoms with E-state index < -0.39 is 33.6 Å². The van der Waals surface area contributed by atoms with Gasteiger partial charge in [0.25, 0.3) is 0 Å². The van der Waals surface area contributed by atoms with Crippen molar-refractivity contribution in [3.63, 3.8) is 0 Å². The van der Waals surface area contributed by atoms with E-state index in [1.54, 1.807) is 0 Å². The largest absolute Gasteiger partial charge is 0.469 e. The molecule has 0 aromatic carbocycles. The third-order valence-electron chi connectivity index (χ3n) is 3.70. The molecule has 1 saturated carbocycles. The van der Waals surface area contributed by atoms with Crippen molar-refractivity contribution in [2.45, 2.75) is 0 Å². The van der Waals surface area contributed by atoms with Crippen molar-refractivity contribution >= 4 is 21.8 Å². The van der Waals surface area contributed by atoms with Crippen molar-refractivity contribution in [1.82, 2.24) is 0 Å². The van der Waals surface area contributed by atoms with Crippen LogP contribution in [0.1, 0.15) is 0 Å². The van der Waals surface area contributed by atoms with Crippen LogP contribution >= 0.6 is 0 Å². The first-order valence-electron chi connectivity index (χ1n) is 5.27. The summed E-state index contributed by atoms with van der Waals surface area (Å²) in [5.74, 6) is -3.06. The Kier molecular flexibility index (Phi) is 2.89. The van der Waals surface area contributed by atoms with Crippen LogP contribution in [0.25, 0.3) is 0 Å². The average molecular weight is 262 g/mol. The molecule has 0 aromatic heterocycles. The zero-order chi connectivity index (χ0) is 12.8. The molecule has 0 unspecified atom stereocenters. The van der Waals surface area contributed by atoms with Crippen LogP contribution in [0, 0.1) is 23.7 Å². The van der Waals surface area contributed by atoms with Gasteiger partial charge in [0.05, 0.1) is 37.6 Å². The number of carbonyl (C=O) groups is 2. The van der Waals surface area contributed by atoms with Crippen LogP contribution in [-0.4, -0.2) is 46.1 Å². The summed E-state index contributed by atoms with van der Waals surface area (Å²) in [6, 6.07) is 0. The fraction of sp³-hybridized carbons (Fsp3) is 0.800. The number of hydrogen-bond acceptors (Lipinski definition) is 6. The highest BCUT2D eigenvalue weighted by atomic mass is 32.2. The highest BCUT2D eigenvalue weighted by molar-refractivity contribution is 7.91. The summed E-state index contributed by atoms with van der Waals surface area (Å²) in [4.78, 5) is 23.1. The zero-order valence-corrected chi connectivity index (χ0v) is 10.4. The summed E-state index contributed by atoms with van der Waals surface area (Å²) < 4.78 is 32.2. The summed E-state index contributed by atoms with van der Waals surface area (Å²) in [7, 11) is -0.688. The van der Waals surface area contributed by atoms with E-state index in [4.69, 9.17) is 0 Å². The van der Waals surface area contributed by atoms with Gasteiger partial charge in [0, 0.05) is 0 Å². The van der Waals surface area contributed by atoms with Gasteiger partial charge < -0.3 is 9.47 Å². The Bertz CT molecular complexity index is 417. The van der Waals surface area contributed by atoms with Gasteiger partial charge in [-0.1, -0.05) is 0 Å². The van der Waals surface area contributed by atoms with Crippen LogP contribution in [0.2, 0.25) is 0 Å². The van der Waals surface area contributed by atoms with E-state index in [-0.39, 0.29) is 23.3 Å². The molecule has 0 amide bonds. The van der Waals surface area contributed by atoms with Crippen molar-refractivity contribution in [2.24, 2.45) is 23.7 Å². The smallest absolute Gasteiger partial charge is 0.309 e. The van der Waals surface area contributed by atoms with Gasteiger partial charge in [-0.3, -0.25) is 9.59 Å². The van der Waals surface area contributed by atoms with E-state index in [0.29, 0.717) is 0 Å². The maximum absolute atomic E-state index is 11.6. The number of rotatable bonds is 2. The minimum absolute atomic E-state index is 0.0368. The van der Waals surface area contributed by atoms with Crippen molar-refractivity contribution < 1.29 is 27.5 Å². The molecule has 1 heterocycles. The molecule has 96 valence electrons. The molecule has 2 fully saturated rings. The third kappa shape index (κ3) is 1.82. The van der Waals surface area contributed by atoms with Gasteiger partial charge in [0.15, 0.2) is 9.84 Å². The molecule has 1 aliphatic heterocycles. The molecule has 0 N–H and O–H groups in total. The quantitative estimate of drug-likeness (QED) is 0.608. The highest BCUT2D eigenvalue weighted by Gasteiger charge is 2.63. The first kappa shape index (κ1) is 12.3. The second-order valence-electron chi connectivity index (χ2n) is 4.50. The van der Waals surface area contributed by atoms with Crippen LogP contribution in [0.4, 0.5) is 0 Å². The van der Waals surface area contributed by atoms with Gasteiger partial charge in [0.2, 0.25) is 0 Å². The number of methoxy groups -OCH3 is 2. The van der Waals surface area contributed by atoms with E-state index in [0.717, 1.165) is 0 Å². The molecule has 0 spiro atoms. The molecule has 6 nitrogen and oxygen atoms in total. The van der Waals surface area contributed by atoms with Crippen molar-refractivity contribution in [3.05, 3.63) is 0 Å². The predicted molar refractivity (Wildman–Crippen MR) is 56.6 cm³/mol. The van der Waals surface area contributed by atoms with E-state index in [2.05, 4.69) is 9.47 Å². The first-order valence-corrected chi connectivity index (χ1v) is 7.09. The lowest BCUT2D eigenvalue weighted by atomic mass is 9.58. The number of sulfone groups is 1. The van der Waals surface area contributed by atoms with Crippen molar-refractivity contribution in [2.75, 3.05) is 25.7 Å². The van der Waals surface area contributed by atoms with Crippen molar-refractivity contribution in [3.8, 4) is 0 Å². The van der Waals surface area contributed by atoms with Gasteiger partial charge in [-0.05, 0) is 11.8 Å². The summed E-state index contributed by atoms with van der Waals surface area (Å²) in [6.45, 7) is 0. The molecule has 17 heavy (non-hydrogen) atoms. The Hall–Kier alpha value is -1.11. The number of fused-ring (bicyclic) bond motifs is 1. The van der Waals surface area contributed by atoms with E-state index in [9.17, 15) is 18.0 Å². The van der Waals surface area contributed by atoms with Gasteiger partial charge in [-0.2, -0.15) is 0 Å². The maximum Gasteiger partial charge on any atom is 0.309 e. The standard InChI is InChI=1S/C10H14O6S/c1-15-9(11)7-5-3-17(13,14)4-6(5)8(7)10(12)16-2/h5-8H,3-4H2,1-2H3/t5-,6-,7-,8+/m0/s1. The third-order valence-corrected chi connectivity index (χ3v) is 5.48. The average Bonchev–Trinajstić information content (AvgIpc) is 2.53. The summed E-state index contributed by atoms with van der Waals surface area (Å²) >= 11 is 0. The van der Waals surface area contributed by atoms with Crippen LogP contribution in [0.5, 0.6) is 0 Å². The topological polar surface area (TPSA) is 86.7 Å². The van der Waals surface area contributed by atoms with Gasteiger partial charge in [-0.15, -0.1) is 0 Å². The monoisotopic (exact) mass is 262 g/mol. The lowest BCUT2D eigenvalue weighted by Crippen LogP contribution is -2.54. The van der Waals surface area contributed by atoms with Crippen LogP contribution in [0.15, 0.2) is 0 Å². The normalized spacial score (nSPS) is 37.8. The molecule has 1 aliphatic carbocycles. The first-order chi connectivity index (χ1) is 7.91. The highest BCUT2D eigenvalue weighted by Crippen LogP contribution is 2.52. The molecule has 7 heteroatoms. The molecule has 4 atom stereocenters. The molecule has 0 aromatic rings. The number of esters is 2. The molecule has 1 saturated heterocycles. The number of hydrogen-bond donors (Lipinski definition) is 0. The fourth-order valence-corrected chi connectivity index (χ4v) is 5.16. The lowest BCUT2D eigenvalue weighted by Gasteiger charge is -2.43. The van der Waals surface area contributed by atoms with Gasteiger partial charge >= 0.3 is 11.9 Å². The van der Waals surface area contributed by atoms with E-state index in [1.807, 2.05) is 0 Å². The number of ether oxygens (including phenoxy) is 2. The molecular weight excluding hydrogens is 248 g/mol. The summed E-state index contributed by atoms with van der Waals surface area (Å²) in [5, 5.41) is 0. The van der Waals surface area contributed by atoms with Crippen molar-refractivity contribution in [1.29, 1.82) is 0 Å². The lowest BCUT2D eigenvalue weighted by molar-refractivity contribution is -0.174. The second-order valence-corrected chi connectivity index (χ2v) is 6.66. The maximum atomic E-state index is 11.6. The molecule has 2 rings (SSSR count). The van der Waals surface area contributed by atoms with Crippen LogP contribution in [0.3, 0.4) is 0 Å². The minimum Gasteiger partial charge on any atom is -0.469 e. The van der Waals surface area contributed by atoms with Crippen LogP contribution in [-0.2, 0) is 28.9 Å². The Morgan fingerprint density at radius 1 is 0.941 bits per heavy atom. The Labute approximate surface area is 99.2 Å².